The number of carboxylic acids is 1. The Bertz CT molecular complexity index is 450. The van der Waals surface area contributed by atoms with Crippen LogP contribution in [0, 0.1) is 6.92 Å². The summed E-state index contributed by atoms with van der Waals surface area (Å²) in [5.74, 6) is -0.724. The molecule has 116 valence electrons. The van der Waals surface area contributed by atoms with Gasteiger partial charge in [0.15, 0.2) is 0 Å². The summed E-state index contributed by atoms with van der Waals surface area (Å²) in [4.78, 5) is 15.7. The van der Waals surface area contributed by atoms with Gasteiger partial charge in [-0.3, -0.25) is 4.79 Å². The van der Waals surface area contributed by atoms with Crippen molar-refractivity contribution in [2.45, 2.75) is 39.2 Å². The van der Waals surface area contributed by atoms with Gasteiger partial charge in [-0.05, 0) is 38.4 Å². The average Bonchev–Trinajstić information content (AvgIpc) is 2.49. The number of aryl methyl sites for hydroxylation is 1. The monoisotopic (exact) mass is 290 g/mol. The maximum absolute atomic E-state index is 10.9. The molecule has 0 aliphatic carbocycles. The van der Waals surface area contributed by atoms with E-state index in [0.29, 0.717) is 12.6 Å². The van der Waals surface area contributed by atoms with Crippen molar-refractivity contribution < 1.29 is 9.90 Å². The van der Waals surface area contributed by atoms with Gasteiger partial charge in [0.1, 0.15) is 0 Å². The second kappa shape index (κ2) is 7.46. The fraction of sp³-hybridized carbons (Fsp3) is 0.588. The van der Waals surface area contributed by atoms with Crippen LogP contribution in [0.1, 0.15) is 31.7 Å². The van der Waals surface area contributed by atoms with Gasteiger partial charge in [-0.25, -0.2) is 0 Å². The Morgan fingerprint density at radius 3 is 2.43 bits per heavy atom. The minimum Gasteiger partial charge on any atom is -0.481 e. The van der Waals surface area contributed by atoms with Crippen molar-refractivity contribution in [3.63, 3.8) is 0 Å². The van der Waals surface area contributed by atoms with E-state index in [0.717, 1.165) is 38.2 Å². The Hall–Kier alpha value is -1.55. The summed E-state index contributed by atoms with van der Waals surface area (Å²) in [6, 6.07) is 8.89. The molecule has 1 aromatic rings. The van der Waals surface area contributed by atoms with E-state index >= 15 is 0 Å². The van der Waals surface area contributed by atoms with Crippen molar-refractivity contribution in [2.24, 2.45) is 0 Å². The Labute approximate surface area is 127 Å². The molecule has 4 nitrogen and oxygen atoms in total. The van der Waals surface area contributed by atoms with Gasteiger partial charge in [0.2, 0.25) is 0 Å². The van der Waals surface area contributed by atoms with Crippen LogP contribution in [0.3, 0.4) is 0 Å². The van der Waals surface area contributed by atoms with Crippen LogP contribution < -0.4 is 4.90 Å². The van der Waals surface area contributed by atoms with Gasteiger partial charge in [0, 0.05) is 31.4 Å². The number of piperidine rings is 1. The number of anilines is 1. The Kier molecular flexibility index (Phi) is 5.62. The van der Waals surface area contributed by atoms with E-state index < -0.39 is 5.97 Å². The molecule has 1 fully saturated rings. The number of likely N-dealkylation sites (tertiary alicyclic amines) is 1. The molecule has 21 heavy (non-hydrogen) atoms. The summed E-state index contributed by atoms with van der Waals surface area (Å²) in [5, 5.41) is 9.00. The number of carboxylic acid groups (broad SMARTS) is 1. The number of benzene rings is 1. The van der Waals surface area contributed by atoms with Crippen molar-refractivity contribution in [3.05, 3.63) is 29.8 Å². The van der Waals surface area contributed by atoms with Gasteiger partial charge in [0.25, 0.3) is 0 Å². The molecule has 1 saturated heterocycles. The third kappa shape index (κ3) is 4.46. The van der Waals surface area contributed by atoms with Crippen LogP contribution in [0.25, 0.3) is 0 Å². The van der Waals surface area contributed by atoms with Crippen LogP contribution >= 0.6 is 0 Å². The van der Waals surface area contributed by atoms with Gasteiger partial charge in [-0.1, -0.05) is 24.6 Å². The van der Waals surface area contributed by atoms with Crippen molar-refractivity contribution >= 4 is 11.7 Å². The molecule has 0 unspecified atom stereocenters. The smallest absolute Gasteiger partial charge is 0.305 e. The van der Waals surface area contributed by atoms with Gasteiger partial charge in [-0.2, -0.15) is 0 Å². The molecule has 2 rings (SSSR count). The summed E-state index contributed by atoms with van der Waals surface area (Å²) < 4.78 is 0. The molecule has 0 saturated carbocycles. The first-order valence-corrected chi connectivity index (χ1v) is 7.87. The van der Waals surface area contributed by atoms with Crippen LogP contribution in [0.15, 0.2) is 24.3 Å². The first kappa shape index (κ1) is 15.8. The molecule has 0 amide bonds. The lowest BCUT2D eigenvalue weighted by Crippen LogP contribution is -2.45. The molecule has 1 aliphatic rings. The molecular formula is C17H26N2O2. The zero-order valence-electron chi connectivity index (χ0n) is 13.1. The molecule has 0 bridgehead atoms. The predicted molar refractivity (Wildman–Crippen MR) is 85.9 cm³/mol. The molecule has 1 heterocycles. The molecule has 0 spiro atoms. The first-order valence-electron chi connectivity index (χ1n) is 7.87. The Morgan fingerprint density at radius 1 is 1.29 bits per heavy atom. The number of nitrogens with zero attached hydrogens (tertiary/aromatic N) is 2. The first-order chi connectivity index (χ1) is 10.1. The van der Waals surface area contributed by atoms with Crippen LogP contribution in [-0.4, -0.2) is 48.2 Å². The Balaban J connectivity index is 2.08. The normalized spacial score (nSPS) is 16.9. The van der Waals surface area contributed by atoms with E-state index in [4.69, 9.17) is 5.11 Å². The van der Waals surface area contributed by atoms with Crippen LogP contribution in [0.4, 0.5) is 5.69 Å². The number of hydrogen-bond donors (Lipinski definition) is 1. The van der Waals surface area contributed by atoms with Crippen LogP contribution in [-0.2, 0) is 4.79 Å². The predicted octanol–water partition coefficient (Wildman–Crippen LogP) is 2.76. The summed E-state index contributed by atoms with van der Waals surface area (Å²) in [6.07, 6.45) is 2.42. The van der Waals surface area contributed by atoms with Gasteiger partial charge >= 0.3 is 5.97 Å². The second-order valence-electron chi connectivity index (χ2n) is 5.84. The van der Waals surface area contributed by atoms with E-state index in [1.165, 1.54) is 5.56 Å². The lowest BCUT2D eigenvalue weighted by Gasteiger charge is -2.39. The highest BCUT2D eigenvalue weighted by Gasteiger charge is 2.24. The fourth-order valence-corrected chi connectivity index (χ4v) is 3.02. The van der Waals surface area contributed by atoms with Crippen molar-refractivity contribution in [1.29, 1.82) is 0 Å². The van der Waals surface area contributed by atoms with Crippen molar-refractivity contribution in [3.8, 4) is 0 Å². The zero-order chi connectivity index (χ0) is 15.2. The van der Waals surface area contributed by atoms with E-state index in [1.807, 2.05) is 0 Å². The van der Waals surface area contributed by atoms with E-state index in [1.54, 1.807) is 0 Å². The SMILES string of the molecule is CCN1CCC(N(CCC(=O)O)c2ccc(C)cc2)CC1. The summed E-state index contributed by atoms with van der Waals surface area (Å²) in [6.45, 7) is 8.18. The molecule has 1 aromatic carbocycles. The van der Waals surface area contributed by atoms with Crippen LogP contribution in [0.5, 0.6) is 0 Å². The van der Waals surface area contributed by atoms with E-state index in [-0.39, 0.29) is 6.42 Å². The highest BCUT2D eigenvalue weighted by Crippen LogP contribution is 2.24. The highest BCUT2D eigenvalue weighted by atomic mass is 16.4. The third-order valence-corrected chi connectivity index (χ3v) is 4.38. The molecule has 0 radical (unpaired) electrons. The molecule has 0 atom stereocenters. The topological polar surface area (TPSA) is 43.8 Å². The number of aliphatic carboxylic acids is 1. The molecule has 0 aromatic heterocycles. The summed E-state index contributed by atoms with van der Waals surface area (Å²) in [7, 11) is 0. The summed E-state index contributed by atoms with van der Waals surface area (Å²) in [5.41, 5.74) is 2.38. The molecular weight excluding hydrogens is 264 g/mol. The van der Waals surface area contributed by atoms with Gasteiger partial charge < -0.3 is 14.9 Å². The minimum atomic E-state index is -0.724. The maximum atomic E-state index is 10.9. The quantitative estimate of drug-likeness (QED) is 0.875. The summed E-state index contributed by atoms with van der Waals surface area (Å²) >= 11 is 0. The number of rotatable bonds is 6. The number of carbonyl (C=O) groups is 1. The maximum Gasteiger partial charge on any atom is 0.305 e. The fourth-order valence-electron chi connectivity index (χ4n) is 3.02. The zero-order valence-corrected chi connectivity index (χ0v) is 13.1. The van der Waals surface area contributed by atoms with Crippen LogP contribution in [0.2, 0.25) is 0 Å². The lowest BCUT2D eigenvalue weighted by atomic mass is 10.0. The number of hydrogen-bond acceptors (Lipinski definition) is 3. The minimum absolute atomic E-state index is 0.196. The molecule has 1 N–H and O–H groups in total. The second-order valence-corrected chi connectivity index (χ2v) is 5.84. The molecule has 1 aliphatic heterocycles. The molecule has 4 heteroatoms. The van der Waals surface area contributed by atoms with Gasteiger partial charge in [-0.15, -0.1) is 0 Å². The van der Waals surface area contributed by atoms with E-state index in [9.17, 15) is 4.79 Å². The Morgan fingerprint density at radius 2 is 1.90 bits per heavy atom. The van der Waals surface area contributed by atoms with Crippen molar-refractivity contribution in [2.75, 3.05) is 31.1 Å². The average molecular weight is 290 g/mol. The third-order valence-electron chi connectivity index (χ3n) is 4.38. The standard InChI is InChI=1S/C17H26N2O2/c1-3-18-11-8-16(9-12-18)19(13-10-17(20)21)15-6-4-14(2)5-7-15/h4-7,16H,3,8-13H2,1-2H3,(H,20,21). The van der Waals surface area contributed by atoms with E-state index in [2.05, 4.69) is 47.9 Å². The van der Waals surface area contributed by atoms with Crippen molar-refractivity contribution in [1.82, 2.24) is 4.90 Å². The van der Waals surface area contributed by atoms with Gasteiger partial charge in [0.05, 0.1) is 6.42 Å². The lowest BCUT2D eigenvalue weighted by molar-refractivity contribution is -0.136. The largest absolute Gasteiger partial charge is 0.481 e. The highest BCUT2D eigenvalue weighted by molar-refractivity contribution is 5.67.